The lowest BCUT2D eigenvalue weighted by Gasteiger charge is -2.25. The van der Waals surface area contributed by atoms with Gasteiger partial charge in [0.2, 0.25) is 6.10 Å². The number of carbonyl (C=O) groups excluding carboxylic acids is 2. The van der Waals surface area contributed by atoms with Crippen molar-refractivity contribution < 1.29 is 23.5 Å². The number of benzene rings is 1. The summed E-state index contributed by atoms with van der Waals surface area (Å²) in [5.74, 6) is 0.697. The fourth-order valence-corrected chi connectivity index (χ4v) is 2.13. The summed E-state index contributed by atoms with van der Waals surface area (Å²) in [6.45, 7) is 3.57. The van der Waals surface area contributed by atoms with Crippen LogP contribution in [0.15, 0.2) is 53.7 Å². The standard InChI is InChI=1S/C17H17N3O5/c1-11(12-7-4-8-23-12)19-20-16(21)9-18-17(22)15-10-24-13-5-2-3-6-14(13)25-15/h2-8,15,19H,1,9-10H2,(H,18,22)(H,20,21)/t15-/m0/s1. The van der Waals surface area contributed by atoms with Crippen molar-refractivity contribution in [1.29, 1.82) is 0 Å². The van der Waals surface area contributed by atoms with Gasteiger partial charge in [-0.2, -0.15) is 0 Å². The van der Waals surface area contributed by atoms with Gasteiger partial charge in [0.1, 0.15) is 6.61 Å². The average molecular weight is 343 g/mol. The van der Waals surface area contributed by atoms with Crippen molar-refractivity contribution in [2.24, 2.45) is 0 Å². The maximum atomic E-state index is 12.1. The summed E-state index contributed by atoms with van der Waals surface area (Å²) >= 11 is 0. The van der Waals surface area contributed by atoms with Crippen LogP contribution in [0, 0.1) is 0 Å². The van der Waals surface area contributed by atoms with Crippen molar-refractivity contribution >= 4 is 17.5 Å². The third-order valence-electron chi connectivity index (χ3n) is 3.40. The molecule has 8 heteroatoms. The van der Waals surface area contributed by atoms with Gasteiger partial charge in [0.05, 0.1) is 18.5 Å². The van der Waals surface area contributed by atoms with E-state index in [0.717, 1.165) is 0 Å². The molecule has 130 valence electrons. The minimum Gasteiger partial charge on any atom is -0.485 e. The number of fused-ring (bicyclic) bond motifs is 1. The molecular weight excluding hydrogens is 326 g/mol. The molecule has 0 unspecified atom stereocenters. The van der Waals surface area contributed by atoms with Crippen LogP contribution in [-0.4, -0.2) is 31.1 Å². The Morgan fingerprint density at radius 1 is 1.12 bits per heavy atom. The Morgan fingerprint density at radius 2 is 1.92 bits per heavy atom. The molecule has 25 heavy (non-hydrogen) atoms. The molecule has 1 aromatic heterocycles. The van der Waals surface area contributed by atoms with E-state index in [1.807, 2.05) is 6.07 Å². The van der Waals surface area contributed by atoms with Gasteiger partial charge >= 0.3 is 0 Å². The number of hydrogen-bond donors (Lipinski definition) is 3. The third-order valence-corrected chi connectivity index (χ3v) is 3.40. The van der Waals surface area contributed by atoms with Gasteiger partial charge in [-0.25, -0.2) is 0 Å². The number of hydrazine groups is 1. The normalized spacial score (nSPS) is 15.1. The number of rotatable bonds is 6. The van der Waals surface area contributed by atoms with Crippen LogP contribution in [0.3, 0.4) is 0 Å². The molecule has 3 N–H and O–H groups in total. The molecule has 8 nitrogen and oxygen atoms in total. The van der Waals surface area contributed by atoms with E-state index in [2.05, 4.69) is 22.7 Å². The number of amides is 2. The summed E-state index contributed by atoms with van der Waals surface area (Å²) in [6, 6.07) is 10.5. The molecule has 0 bridgehead atoms. The van der Waals surface area contributed by atoms with Gasteiger partial charge < -0.3 is 19.2 Å². The van der Waals surface area contributed by atoms with Gasteiger partial charge in [-0.3, -0.25) is 20.4 Å². The predicted molar refractivity (Wildman–Crippen MR) is 88.4 cm³/mol. The van der Waals surface area contributed by atoms with E-state index in [1.54, 1.807) is 30.3 Å². The number of nitrogens with one attached hydrogen (secondary N) is 3. The molecule has 0 radical (unpaired) electrons. The molecule has 2 heterocycles. The van der Waals surface area contributed by atoms with Crippen LogP contribution in [-0.2, 0) is 9.59 Å². The second-order valence-electron chi connectivity index (χ2n) is 5.21. The van der Waals surface area contributed by atoms with E-state index in [1.165, 1.54) is 6.26 Å². The fourth-order valence-electron chi connectivity index (χ4n) is 2.13. The van der Waals surface area contributed by atoms with E-state index < -0.39 is 17.9 Å². The topological polar surface area (TPSA) is 102 Å². The second-order valence-corrected chi connectivity index (χ2v) is 5.21. The van der Waals surface area contributed by atoms with Gasteiger partial charge in [-0.15, -0.1) is 0 Å². The van der Waals surface area contributed by atoms with Gasteiger partial charge in [0.25, 0.3) is 11.8 Å². The Morgan fingerprint density at radius 3 is 2.68 bits per heavy atom. The van der Waals surface area contributed by atoms with Gasteiger partial charge in [0.15, 0.2) is 17.3 Å². The molecule has 2 aromatic rings. The molecule has 0 aliphatic carbocycles. The van der Waals surface area contributed by atoms with Crippen LogP contribution < -0.4 is 25.6 Å². The molecule has 1 aromatic carbocycles. The Labute approximate surface area is 143 Å². The Kier molecular flexibility index (Phi) is 4.89. The largest absolute Gasteiger partial charge is 0.485 e. The molecule has 0 fully saturated rings. The van der Waals surface area contributed by atoms with Crippen LogP contribution in [0.4, 0.5) is 0 Å². The Bertz CT molecular complexity index is 772. The molecule has 1 aliphatic heterocycles. The van der Waals surface area contributed by atoms with Crippen LogP contribution in [0.1, 0.15) is 5.76 Å². The summed E-state index contributed by atoms with van der Waals surface area (Å²) in [7, 11) is 0. The van der Waals surface area contributed by atoms with Crippen LogP contribution in [0.5, 0.6) is 11.5 Å². The van der Waals surface area contributed by atoms with Crippen molar-refractivity contribution in [2.45, 2.75) is 6.10 Å². The second kappa shape index (κ2) is 7.43. The number of ether oxygens (including phenoxy) is 2. The first-order valence-electron chi connectivity index (χ1n) is 7.57. The SMILES string of the molecule is C=C(NNC(=O)CNC(=O)[C@@H]1COc2ccccc2O1)c1ccco1. The molecule has 0 spiro atoms. The van der Waals surface area contributed by atoms with Crippen LogP contribution >= 0.6 is 0 Å². The summed E-state index contributed by atoms with van der Waals surface area (Å²) in [5.41, 5.74) is 5.41. The Hall–Kier alpha value is -3.42. The van der Waals surface area contributed by atoms with Crippen molar-refractivity contribution in [3.63, 3.8) is 0 Å². The lowest BCUT2D eigenvalue weighted by Crippen LogP contribution is -2.48. The zero-order valence-electron chi connectivity index (χ0n) is 13.3. The zero-order chi connectivity index (χ0) is 17.6. The Balaban J connectivity index is 1.42. The summed E-state index contributed by atoms with van der Waals surface area (Å²) < 4.78 is 16.1. The van der Waals surface area contributed by atoms with E-state index in [0.29, 0.717) is 23.0 Å². The minimum absolute atomic E-state index is 0.0814. The lowest BCUT2D eigenvalue weighted by atomic mass is 10.2. The smallest absolute Gasteiger partial charge is 0.265 e. The average Bonchev–Trinajstić information content (AvgIpc) is 3.18. The summed E-state index contributed by atoms with van der Waals surface area (Å²) in [4.78, 5) is 23.9. The van der Waals surface area contributed by atoms with E-state index in [-0.39, 0.29) is 13.2 Å². The van der Waals surface area contributed by atoms with Crippen LogP contribution in [0.2, 0.25) is 0 Å². The van der Waals surface area contributed by atoms with E-state index >= 15 is 0 Å². The van der Waals surface area contributed by atoms with Crippen LogP contribution in [0.25, 0.3) is 5.70 Å². The van der Waals surface area contributed by atoms with Gasteiger partial charge in [-0.1, -0.05) is 18.7 Å². The fraction of sp³-hybridized carbons (Fsp3) is 0.176. The molecule has 3 rings (SSSR count). The molecule has 1 aliphatic rings. The molecule has 2 amide bonds. The summed E-state index contributed by atoms with van der Waals surface area (Å²) in [5, 5.41) is 2.49. The monoisotopic (exact) mass is 343 g/mol. The number of para-hydroxylation sites is 2. The molecule has 0 saturated heterocycles. The van der Waals surface area contributed by atoms with Crippen molar-refractivity contribution in [3.8, 4) is 11.5 Å². The van der Waals surface area contributed by atoms with Crippen molar-refractivity contribution in [3.05, 3.63) is 55.0 Å². The highest BCUT2D eigenvalue weighted by Crippen LogP contribution is 2.30. The zero-order valence-corrected chi connectivity index (χ0v) is 13.3. The summed E-state index contributed by atoms with van der Waals surface area (Å²) in [6.07, 6.45) is 0.683. The highest BCUT2D eigenvalue weighted by molar-refractivity contribution is 5.87. The number of carbonyl (C=O) groups is 2. The molecule has 0 saturated carbocycles. The highest BCUT2D eigenvalue weighted by Gasteiger charge is 2.27. The predicted octanol–water partition coefficient (Wildman–Crippen LogP) is 0.827. The first-order chi connectivity index (χ1) is 12.1. The van der Waals surface area contributed by atoms with Gasteiger partial charge in [0, 0.05) is 0 Å². The number of hydrogen-bond acceptors (Lipinski definition) is 6. The first-order valence-corrected chi connectivity index (χ1v) is 7.57. The highest BCUT2D eigenvalue weighted by atomic mass is 16.6. The first kappa shape index (κ1) is 16.4. The number of furan rings is 1. The van der Waals surface area contributed by atoms with Gasteiger partial charge in [-0.05, 0) is 24.3 Å². The quantitative estimate of drug-likeness (QED) is 0.672. The van der Waals surface area contributed by atoms with Crippen molar-refractivity contribution in [1.82, 2.24) is 16.2 Å². The van der Waals surface area contributed by atoms with Crippen molar-refractivity contribution in [2.75, 3.05) is 13.2 Å². The minimum atomic E-state index is -0.811. The maximum Gasteiger partial charge on any atom is 0.265 e. The van der Waals surface area contributed by atoms with E-state index in [4.69, 9.17) is 13.9 Å². The molecular formula is C17H17N3O5. The van der Waals surface area contributed by atoms with E-state index in [9.17, 15) is 9.59 Å². The molecule has 1 atom stereocenters. The maximum absolute atomic E-state index is 12.1. The third kappa shape index (κ3) is 4.11. The lowest BCUT2D eigenvalue weighted by molar-refractivity contribution is -0.132.